The maximum atomic E-state index is 13.0. The van der Waals surface area contributed by atoms with Gasteiger partial charge in [0.05, 0.1) is 6.54 Å². The van der Waals surface area contributed by atoms with Gasteiger partial charge < -0.3 is 10.6 Å². The third-order valence-corrected chi connectivity index (χ3v) is 3.14. The predicted octanol–water partition coefficient (Wildman–Crippen LogP) is 2.76. The second-order valence-electron chi connectivity index (χ2n) is 4.79. The van der Waals surface area contributed by atoms with Gasteiger partial charge in [0.25, 0.3) is 5.91 Å². The second-order valence-corrected chi connectivity index (χ2v) is 4.79. The van der Waals surface area contributed by atoms with Crippen molar-refractivity contribution in [2.45, 2.75) is 13.3 Å². The summed E-state index contributed by atoms with van der Waals surface area (Å²) in [6, 6.07) is 12.8. The molecule has 5 heteroatoms. The van der Waals surface area contributed by atoms with Crippen LogP contribution in [-0.4, -0.2) is 18.4 Å². The molecule has 0 heterocycles. The van der Waals surface area contributed by atoms with Gasteiger partial charge in [-0.1, -0.05) is 25.1 Å². The minimum Gasteiger partial charge on any atom is -0.343 e. The van der Waals surface area contributed by atoms with Crippen LogP contribution in [0.2, 0.25) is 0 Å². The van der Waals surface area contributed by atoms with Crippen molar-refractivity contribution in [2.75, 3.05) is 11.9 Å². The van der Waals surface area contributed by atoms with Crippen LogP contribution in [0.15, 0.2) is 48.5 Å². The fourth-order valence-electron chi connectivity index (χ4n) is 1.92. The molecule has 2 aromatic carbocycles. The number of halogens is 1. The standard InChI is InChI=1S/C17H17FN2O2/c1-2-12-6-8-15(9-7-12)20-16(21)11-19-17(22)13-4-3-5-14(18)10-13/h3-10H,2,11H2,1H3,(H,19,22)(H,20,21). The zero-order valence-corrected chi connectivity index (χ0v) is 12.2. The van der Waals surface area contributed by atoms with Gasteiger partial charge in [0.15, 0.2) is 0 Å². The van der Waals surface area contributed by atoms with E-state index >= 15 is 0 Å². The van der Waals surface area contributed by atoms with Crippen molar-refractivity contribution < 1.29 is 14.0 Å². The van der Waals surface area contributed by atoms with E-state index in [0.717, 1.165) is 12.5 Å². The summed E-state index contributed by atoms with van der Waals surface area (Å²) in [5, 5.41) is 5.13. The number of carbonyl (C=O) groups excluding carboxylic acids is 2. The van der Waals surface area contributed by atoms with Crippen LogP contribution in [0.3, 0.4) is 0 Å². The van der Waals surface area contributed by atoms with Gasteiger partial charge >= 0.3 is 0 Å². The Morgan fingerprint density at radius 1 is 1.09 bits per heavy atom. The number of nitrogens with one attached hydrogen (secondary N) is 2. The number of amides is 2. The normalized spacial score (nSPS) is 10.1. The number of benzene rings is 2. The van der Waals surface area contributed by atoms with E-state index in [0.29, 0.717) is 5.69 Å². The molecule has 2 aromatic rings. The molecule has 0 saturated carbocycles. The highest BCUT2D eigenvalue weighted by Gasteiger charge is 2.08. The summed E-state index contributed by atoms with van der Waals surface area (Å²) in [5.41, 5.74) is 2.03. The number of carbonyl (C=O) groups is 2. The Morgan fingerprint density at radius 2 is 1.82 bits per heavy atom. The molecule has 0 bridgehead atoms. The van der Waals surface area contributed by atoms with Crippen LogP contribution in [-0.2, 0) is 11.2 Å². The molecular weight excluding hydrogens is 283 g/mol. The van der Waals surface area contributed by atoms with Gasteiger partial charge in [-0.15, -0.1) is 0 Å². The maximum Gasteiger partial charge on any atom is 0.251 e. The molecule has 0 aliphatic heterocycles. The Morgan fingerprint density at radius 3 is 2.45 bits per heavy atom. The Kier molecular flexibility index (Phi) is 5.25. The van der Waals surface area contributed by atoms with Crippen LogP contribution >= 0.6 is 0 Å². The quantitative estimate of drug-likeness (QED) is 0.892. The van der Waals surface area contributed by atoms with Gasteiger partial charge in [-0.2, -0.15) is 0 Å². The molecule has 114 valence electrons. The maximum absolute atomic E-state index is 13.0. The van der Waals surface area contributed by atoms with E-state index in [-0.39, 0.29) is 18.0 Å². The van der Waals surface area contributed by atoms with Crippen molar-refractivity contribution in [2.24, 2.45) is 0 Å². The largest absolute Gasteiger partial charge is 0.343 e. The first kappa shape index (κ1) is 15.7. The van der Waals surface area contributed by atoms with Crippen molar-refractivity contribution in [3.63, 3.8) is 0 Å². The number of anilines is 1. The van der Waals surface area contributed by atoms with Gasteiger partial charge in [-0.25, -0.2) is 4.39 Å². The van der Waals surface area contributed by atoms with E-state index < -0.39 is 11.7 Å². The molecule has 0 saturated heterocycles. The van der Waals surface area contributed by atoms with Crippen LogP contribution in [0.1, 0.15) is 22.8 Å². The second kappa shape index (κ2) is 7.36. The van der Waals surface area contributed by atoms with E-state index in [2.05, 4.69) is 17.6 Å². The molecule has 0 aliphatic carbocycles. The summed E-state index contributed by atoms with van der Waals surface area (Å²) >= 11 is 0. The van der Waals surface area contributed by atoms with E-state index in [4.69, 9.17) is 0 Å². The van der Waals surface area contributed by atoms with Crippen molar-refractivity contribution in [3.8, 4) is 0 Å². The van der Waals surface area contributed by atoms with Gasteiger partial charge in [-0.05, 0) is 42.3 Å². The number of rotatable bonds is 5. The fourth-order valence-corrected chi connectivity index (χ4v) is 1.92. The average Bonchev–Trinajstić information content (AvgIpc) is 2.53. The van der Waals surface area contributed by atoms with Gasteiger partial charge in [0.2, 0.25) is 5.91 Å². The molecule has 0 aromatic heterocycles. The summed E-state index contributed by atoms with van der Waals surface area (Å²) in [4.78, 5) is 23.5. The zero-order chi connectivity index (χ0) is 15.9. The highest BCUT2D eigenvalue weighted by molar-refractivity contribution is 5.99. The molecule has 0 radical (unpaired) electrons. The summed E-state index contributed by atoms with van der Waals surface area (Å²) in [6.45, 7) is 1.88. The highest BCUT2D eigenvalue weighted by atomic mass is 19.1. The topological polar surface area (TPSA) is 58.2 Å². The first-order valence-electron chi connectivity index (χ1n) is 7.01. The summed E-state index contributed by atoms with van der Waals surface area (Å²) in [5.74, 6) is -1.32. The number of aryl methyl sites for hydroxylation is 1. The summed E-state index contributed by atoms with van der Waals surface area (Å²) in [7, 11) is 0. The van der Waals surface area contributed by atoms with E-state index in [1.165, 1.54) is 23.8 Å². The Bertz CT molecular complexity index is 669. The third kappa shape index (κ3) is 4.41. The highest BCUT2D eigenvalue weighted by Crippen LogP contribution is 2.09. The molecule has 0 fully saturated rings. The van der Waals surface area contributed by atoms with Gasteiger partial charge in [0, 0.05) is 11.3 Å². The predicted molar refractivity (Wildman–Crippen MR) is 83.2 cm³/mol. The van der Waals surface area contributed by atoms with E-state index in [1.54, 1.807) is 0 Å². The minimum absolute atomic E-state index is 0.176. The lowest BCUT2D eigenvalue weighted by atomic mass is 10.1. The van der Waals surface area contributed by atoms with Crippen LogP contribution in [0.4, 0.5) is 10.1 Å². The first-order valence-corrected chi connectivity index (χ1v) is 7.01. The smallest absolute Gasteiger partial charge is 0.251 e. The number of hydrogen-bond acceptors (Lipinski definition) is 2. The minimum atomic E-state index is -0.492. The summed E-state index contributed by atoms with van der Waals surface area (Å²) in [6.07, 6.45) is 0.928. The van der Waals surface area contributed by atoms with Crippen molar-refractivity contribution in [1.82, 2.24) is 5.32 Å². The van der Waals surface area contributed by atoms with Gasteiger partial charge in [0.1, 0.15) is 5.82 Å². The van der Waals surface area contributed by atoms with E-state index in [9.17, 15) is 14.0 Å². The lowest BCUT2D eigenvalue weighted by Gasteiger charge is -2.07. The molecule has 0 aliphatic rings. The Hall–Kier alpha value is -2.69. The van der Waals surface area contributed by atoms with Crippen molar-refractivity contribution >= 4 is 17.5 Å². The van der Waals surface area contributed by atoms with Gasteiger partial charge in [-0.3, -0.25) is 9.59 Å². The SMILES string of the molecule is CCc1ccc(NC(=O)CNC(=O)c2cccc(F)c2)cc1. The molecule has 0 unspecified atom stereocenters. The van der Waals surface area contributed by atoms with Crippen molar-refractivity contribution in [3.05, 3.63) is 65.5 Å². The average molecular weight is 300 g/mol. The zero-order valence-electron chi connectivity index (χ0n) is 12.2. The van der Waals surface area contributed by atoms with Crippen LogP contribution in [0, 0.1) is 5.82 Å². The lowest BCUT2D eigenvalue weighted by molar-refractivity contribution is -0.115. The molecule has 2 rings (SSSR count). The monoisotopic (exact) mass is 300 g/mol. The molecule has 2 N–H and O–H groups in total. The third-order valence-electron chi connectivity index (χ3n) is 3.14. The van der Waals surface area contributed by atoms with Crippen LogP contribution in [0.25, 0.3) is 0 Å². The Labute approximate surface area is 128 Å². The molecule has 4 nitrogen and oxygen atoms in total. The van der Waals surface area contributed by atoms with E-state index in [1.807, 2.05) is 24.3 Å². The number of hydrogen-bond donors (Lipinski definition) is 2. The Balaban J connectivity index is 1.85. The first-order chi connectivity index (χ1) is 10.6. The molecule has 0 spiro atoms. The molecule has 2 amide bonds. The lowest BCUT2D eigenvalue weighted by Crippen LogP contribution is -2.32. The molecular formula is C17H17FN2O2. The van der Waals surface area contributed by atoms with Crippen LogP contribution < -0.4 is 10.6 Å². The molecule has 0 atom stereocenters. The summed E-state index contributed by atoms with van der Waals surface area (Å²) < 4.78 is 13.0. The molecule has 22 heavy (non-hydrogen) atoms. The van der Waals surface area contributed by atoms with Crippen molar-refractivity contribution in [1.29, 1.82) is 0 Å². The fraction of sp³-hybridized carbons (Fsp3) is 0.176. The van der Waals surface area contributed by atoms with Crippen LogP contribution in [0.5, 0.6) is 0 Å².